The van der Waals surface area contributed by atoms with Crippen LogP contribution in [0.25, 0.3) is 0 Å². The minimum absolute atomic E-state index is 0.0402. The fourth-order valence-electron chi connectivity index (χ4n) is 2.67. The first kappa shape index (κ1) is 18.7. The zero-order valence-corrected chi connectivity index (χ0v) is 16.4. The molecule has 1 amide bonds. The molecule has 1 aromatic carbocycles. The van der Waals surface area contributed by atoms with Crippen molar-refractivity contribution in [1.29, 1.82) is 0 Å². The van der Waals surface area contributed by atoms with Crippen LogP contribution in [-0.2, 0) is 19.0 Å². The molecule has 2 heterocycles. The number of aromatic amines is 1. The lowest BCUT2D eigenvalue weighted by Gasteiger charge is -2.18. The number of nitrogens with zero attached hydrogens (tertiary/aromatic N) is 4. The van der Waals surface area contributed by atoms with Crippen LogP contribution in [0, 0.1) is 0 Å². The van der Waals surface area contributed by atoms with Gasteiger partial charge in [-0.15, -0.1) is 0 Å². The summed E-state index contributed by atoms with van der Waals surface area (Å²) >= 11 is 0. The normalized spacial score (nSPS) is 11.4. The Morgan fingerprint density at radius 2 is 2.04 bits per heavy atom. The molecule has 3 rings (SSSR count). The molecule has 142 valence electrons. The van der Waals surface area contributed by atoms with Crippen molar-refractivity contribution in [1.82, 2.24) is 24.9 Å². The van der Waals surface area contributed by atoms with Crippen LogP contribution in [0.5, 0.6) is 11.5 Å². The summed E-state index contributed by atoms with van der Waals surface area (Å²) < 4.78 is 7.50. The molecule has 0 bridgehead atoms. The largest absolute Gasteiger partial charge is 0.453 e. The number of H-pyrrole nitrogens is 1. The molecule has 0 aliphatic heterocycles. The maximum Gasteiger partial charge on any atom is 0.257 e. The molecule has 7 heteroatoms. The molecule has 0 unspecified atom stereocenters. The minimum Gasteiger partial charge on any atom is -0.453 e. The van der Waals surface area contributed by atoms with Gasteiger partial charge >= 0.3 is 0 Å². The fraction of sp³-hybridized carbons (Fsp3) is 0.350. The Bertz CT molecular complexity index is 936. The molecular formula is C20H25N5O2. The zero-order valence-electron chi connectivity index (χ0n) is 16.4. The predicted molar refractivity (Wildman–Crippen MR) is 103 cm³/mol. The Hall–Kier alpha value is -3.09. The number of hydrogen-bond acceptors (Lipinski definition) is 4. The van der Waals surface area contributed by atoms with E-state index in [2.05, 4.69) is 36.1 Å². The van der Waals surface area contributed by atoms with Crippen molar-refractivity contribution in [2.45, 2.75) is 32.7 Å². The number of benzene rings is 1. The van der Waals surface area contributed by atoms with Gasteiger partial charge in [-0.1, -0.05) is 32.9 Å². The van der Waals surface area contributed by atoms with Crippen LogP contribution in [-0.4, -0.2) is 37.8 Å². The van der Waals surface area contributed by atoms with E-state index in [0.29, 0.717) is 23.6 Å². The molecule has 2 aromatic heterocycles. The van der Waals surface area contributed by atoms with Crippen molar-refractivity contribution >= 4 is 5.91 Å². The van der Waals surface area contributed by atoms with Crippen LogP contribution < -0.4 is 4.74 Å². The molecule has 0 atom stereocenters. The molecule has 0 aliphatic carbocycles. The first-order valence-corrected chi connectivity index (χ1v) is 8.80. The maximum absolute atomic E-state index is 13.0. The Morgan fingerprint density at radius 1 is 1.30 bits per heavy atom. The van der Waals surface area contributed by atoms with Crippen LogP contribution in [0.1, 0.15) is 42.5 Å². The highest BCUT2D eigenvalue weighted by Crippen LogP contribution is 2.26. The van der Waals surface area contributed by atoms with Crippen molar-refractivity contribution in [3.8, 4) is 11.5 Å². The van der Waals surface area contributed by atoms with Gasteiger partial charge in [0.15, 0.2) is 5.75 Å². The topological polar surface area (TPSA) is 76.0 Å². The molecule has 0 fully saturated rings. The van der Waals surface area contributed by atoms with Gasteiger partial charge in [-0.05, 0) is 18.2 Å². The van der Waals surface area contributed by atoms with E-state index in [1.54, 1.807) is 41.2 Å². The summed E-state index contributed by atoms with van der Waals surface area (Å²) in [4.78, 5) is 14.6. The monoisotopic (exact) mass is 367 g/mol. The van der Waals surface area contributed by atoms with Crippen LogP contribution in [0.3, 0.4) is 0 Å². The summed E-state index contributed by atoms with van der Waals surface area (Å²) in [6, 6.07) is 9.21. The number of carbonyl (C=O) groups excluding carboxylic acids is 1. The van der Waals surface area contributed by atoms with E-state index in [4.69, 9.17) is 4.74 Å². The average Bonchev–Trinajstić information content (AvgIpc) is 3.23. The second-order valence-electron chi connectivity index (χ2n) is 7.64. The van der Waals surface area contributed by atoms with E-state index >= 15 is 0 Å². The summed E-state index contributed by atoms with van der Waals surface area (Å²) in [6.07, 6.45) is 3.37. The zero-order chi connectivity index (χ0) is 19.6. The lowest BCUT2D eigenvalue weighted by molar-refractivity contribution is 0.0781. The summed E-state index contributed by atoms with van der Waals surface area (Å²) in [5.41, 5.74) is 2.32. The summed E-state index contributed by atoms with van der Waals surface area (Å²) in [5, 5.41) is 11.5. The van der Waals surface area contributed by atoms with Gasteiger partial charge in [0.25, 0.3) is 5.91 Å². The van der Waals surface area contributed by atoms with Crippen LogP contribution >= 0.6 is 0 Å². The third kappa shape index (κ3) is 4.36. The molecule has 0 saturated carbocycles. The molecule has 0 spiro atoms. The Kier molecular flexibility index (Phi) is 5.03. The average molecular weight is 367 g/mol. The highest BCUT2D eigenvalue weighted by atomic mass is 16.5. The smallest absolute Gasteiger partial charge is 0.257 e. The van der Waals surface area contributed by atoms with Crippen molar-refractivity contribution in [3.63, 3.8) is 0 Å². The van der Waals surface area contributed by atoms with Crippen LogP contribution in [0.4, 0.5) is 0 Å². The lowest BCUT2D eigenvalue weighted by atomic mass is 9.92. The number of nitrogens with one attached hydrogen (secondary N) is 1. The number of ether oxygens (including phenoxy) is 1. The predicted octanol–water partition coefficient (Wildman–Crippen LogP) is 3.51. The Balaban J connectivity index is 1.76. The molecule has 1 N–H and O–H groups in total. The van der Waals surface area contributed by atoms with Gasteiger partial charge in [0.2, 0.25) is 0 Å². The molecular weight excluding hydrogens is 342 g/mol. The Labute approximate surface area is 159 Å². The van der Waals surface area contributed by atoms with Crippen molar-refractivity contribution in [2.24, 2.45) is 7.05 Å². The summed E-state index contributed by atoms with van der Waals surface area (Å²) in [6.45, 7) is 6.75. The van der Waals surface area contributed by atoms with Crippen molar-refractivity contribution in [3.05, 3.63) is 59.7 Å². The molecule has 7 nitrogen and oxygen atoms in total. The molecule has 0 aliphatic rings. The minimum atomic E-state index is -0.124. The highest BCUT2D eigenvalue weighted by molar-refractivity contribution is 5.96. The summed E-state index contributed by atoms with van der Waals surface area (Å²) in [7, 11) is 3.58. The number of para-hydroxylation sites is 1. The van der Waals surface area contributed by atoms with Gasteiger partial charge in [-0.2, -0.15) is 10.2 Å². The first-order valence-electron chi connectivity index (χ1n) is 8.80. The molecule has 27 heavy (non-hydrogen) atoms. The van der Waals surface area contributed by atoms with Crippen molar-refractivity contribution in [2.75, 3.05) is 7.05 Å². The van der Waals surface area contributed by atoms with Gasteiger partial charge in [0, 0.05) is 19.5 Å². The second kappa shape index (κ2) is 7.26. The quantitative estimate of drug-likeness (QED) is 0.749. The second-order valence-corrected chi connectivity index (χ2v) is 7.64. The molecule has 0 radical (unpaired) electrons. The SMILES string of the molecule is CN(Cc1cc(C(C)(C)C)n[nH]1)C(=O)c1ccccc1Oc1cnn(C)c1. The Morgan fingerprint density at radius 3 is 2.67 bits per heavy atom. The standard InChI is InChI=1S/C20H25N5O2/c1-20(2,3)18-10-14(22-23-18)12-24(4)19(26)16-8-6-7-9-17(16)27-15-11-21-25(5)13-15/h6-11,13H,12H2,1-5H3,(H,22,23). The summed E-state index contributed by atoms with van der Waals surface area (Å²) in [5.74, 6) is 0.965. The first-order chi connectivity index (χ1) is 12.7. The number of aryl methyl sites for hydroxylation is 1. The number of amides is 1. The molecule has 3 aromatic rings. The fourth-order valence-corrected chi connectivity index (χ4v) is 2.67. The van der Waals surface area contributed by atoms with Gasteiger partial charge in [0.05, 0.1) is 35.9 Å². The molecule has 0 saturated heterocycles. The van der Waals surface area contributed by atoms with Crippen LogP contribution in [0.2, 0.25) is 0 Å². The van der Waals surface area contributed by atoms with Gasteiger partial charge < -0.3 is 9.64 Å². The van der Waals surface area contributed by atoms with E-state index in [1.807, 2.05) is 25.2 Å². The third-order valence-electron chi connectivity index (χ3n) is 4.18. The number of carbonyl (C=O) groups is 1. The van der Waals surface area contributed by atoms with E-state index < -0.39 is 0 Å². The lowest BCUT2D eigenvalue weighted by Crippen LogP contribution is -2.26. The maximum atomic E-state index is 13.0. The highest BCUT2D eigenvalue weighted by Gasteiger charge is 2.21. The van der Waals surface area contributed by atoms with Gasteiger partial charge in [0.1, 0.15) is 5.75 Å². The van der Waals surface area contributed by atoms with E-state index in [0.717, 1.165) is 11.4 Å². The van der Waals surface area contributed by atoms with Crippen LogP contribution in [0.15, 0.2) is 42.7 Å². The van der Waals surface area contributed by atoms with Gasteiger partial charge in [-0.3, -0.25) is 14.6 Å². The van der Waals surface area contributed by atoms with E-state index in [-0.39, 0.29) is 11.3 Å². The van der Waals surface area contributed by atoms with E-state index in [1.165, 1.54) is 0 Å². The van der Waals surface area contributed by atoms with Gasteiger partial charge in [-0.25, -0.2) is 0 Å². The number of hydrogen-bond donors (Lipinski definition) is 1. The third-order valence-corrected chi connectivity index (χ3v) is 4.18. The number of rotatable bonds is 5. The number of aromatic nitrogens is 4. The van der Waals surface area contributed by atoms with Crippen molar-refractivity contribution < 1.29 is 9.53 Å². The van der Waals surface area contributed by atoms with E-state index in [9.17, 15) is 4.79 Å².